The summed E-state index contributed by atoms with van der Waals surface area (Å²) in [6.45, 7) is 2.77. The molecule has 0 spiro atoms. The standard InChI is InChI=1S/C16H17ClN6OS/c1-3-23-10-18-20-16(23)25-9-15(24)19-14-8-13(21-22(14)2)11-4-6-12(17)7-5-11/h4-8,10H,3,9H2,1-2H3,(H,19,24). The van der Waals surface area contributed by atoms with Gasteiger partial charge in [-0.3, -0.25) is 9.48 Å². The van der Waals surface area contributed by atoms with Gasteiger partial charge in [-0.15, -0.1) is 10.2 Å². The van der Waals surface area contributed by atoms with Crippen molar-refractivity contribution in [3.05, 3.63) is 41.7 Å². The lowest BCUT2D eigenvalue weighted by atomic mass is 10.1. The average Bonchev–Trinajstić information content (AvgIpc) is 3.20. The number of hydrogen-bond acceptors (Lipinski definition) is 5. The molecule has 0 saturated carbocycles. The smallest absolute Gasteiger partial charge is 0.235 e. The summed E-state index contributed by atoms with van der Waals surface area (Å²) in [5, 5.41) is 16.5. The molecule has 3 rings (SSSR count). The van der Waals surface area contributed by atoms with E-state index in [-0.39, 0.29) is 11.7 Å². The molecule has 1 N–H and O–H groups in total. The van der Waals surface area contributed by atoms with Gasteiger partial charge in [0.2, 0.25) is 5.91 Å². The van der Waals surface area contributed by atoms with Crippen molar-refractivity contribution in [3.63, 3.8) is 0 Å². The number of anilines is 1. The number of hydrogen-bond donors (Lipinski definition) is 1. The molecule has 130 valence electrons. The zero-order valence-corrected chi connectivity index (χ0v) is 15.4. The molecule has 1 amide bonds. The maximum Gasteiger partial charge on any atom is 0.235 e. The maximum absolute atomic E-state index is 12.2. The zero-order valence-electron chi connectivity index (χ0n) is 13.8. The van der Waals surface area contributed by atoms with Gasteiger partial charge in [0.15, 0.2) is 5.16 Å². The van der Waals surface area contributed by atoms with E-state index >= 15 is 0 Å². The highest BCUT2D eigenvalue weighted by molar-refractivity contribution is 7.99. The fourth-order valence-corrected chi connectivity index (χ4v) is 3.13. The largest absolute Gasteiger partial charge is 0.310 e. The van der Waals surface area contributed by atoms with Crippen LogP contribution in [-0.2, 0) is 18.4 Å². The Bertz CT molecular complexity index is 873. The molecular weight excluding hydrogens is 360 g/mol. The van der Waals surface area contributed by atoms with Crippen molar-refractivity contribution in [1.82, 2.24) is 24.5 Å². The number of nitrogens with zero attached hydrogens (tertiary/aromatic N) is 5. The number of thioether (sulfide) groups is 1. The van der Waals surface area contributed by atoms with Crippen molar-refractivity contribution < 1.29 is 4.79 Å². The van der Waals surface area contributed by atoms with Gasteiger partial charge in [0.05, 0.1) is 11.4 Å². The van der Waals surface area contributed by atoms with Crippen LogP contribution in [0.2, 0.25) is 5.02 Å². The van der Waals surface area contributed by atoms with Crippen LogP contribution in [0.5, 0.6) is 0 Å². The van der Waals surface area contributed by atoms with Gasteiger partial charge in [0.25, 0.3) is 0 Å². The Kier molecular flexibility index (Phi) is 5.40. The van der Waals surface area contributed by atoms with Crippen LogP contribution in [0, 0.1) is 0 Å². The second-order valence-corrected chi connectivity index (χ2v) is 6.66. The third-order valence-corrected chi connectivity index (χ3v) is 4.77. The van der Waals surface area contributed by atoms with E-state index < -0.39 is 0 Å². The Balaban J connectivity index is 1.64. The minimum Gasteiger partial charge on any atom is -0.310 e. The lowest BCUT2D eigenvalue weighted by Crippen LogP contribution is -2.16. The second kappa shape index (κ2) is 7.71. The molecule has 25 heavy (non-hydrogen) atoms. The summed E-state index contributed by atoms with van der Waals surface area (Å²) in [4.78, 5) is 12.2. The quantitative estimate of drug-likeness (QED) is 0.669. The van der Waals surface area contributed by atoms with Gasteiger partial charge >= 0.3 is 0 Å². The molecule has 0 saturated heterocycles. The zero-order chi connectivity index (χ0) is 17.8. The summed E-state index contributed by atoms with van der Waals surface area (Å²) >= 11 is 7.26. The minimum absolute atomic E-state index is 0.124. The van der Waals surface area contributed by atoms with Gasteiger partial charge in [-0.05, 0) is 19.1 Å². The third-order valence-electron chi connectivity index (χ3n) is 3.54. The van der Waals surface area contributed by atoms with Gasteiger partial charge in [0.1, 0.15) is 12.1 Å². The lowest BCUT2D eigenvalue weighted by Gasteiger charge is -2.05. The lowest BCUT2D eigenvalue weighted by molar-refractivity contribution is -0.113. The highest BCUT2D eigenvalue weighted by Crippen LogP contribution is 2.23. The fourth-order valence-electron chi connectivity index (χ4n) is 2.23. The Morgan fingerprint density at radius 2 is 2.08 bits per heavy atom. The van der Waals surface area contributed by atoms with Crippen LogP contribution in [-0.4, -0.2) is 36.2 Å². The molecule has 0 aliphatic rings. The molecule has 7 nitrogen and oxygen atoms in total. The van der Waals surface area contributed by atoms with Gasteiger partial charge in [0, 0.05) is 30.2 Å². The summed E-state index contributed by atoms with van der Waals surface area (Å²) in [6, 6.07) is 9.24. The van der Waals surface area contributed by atoms with E-state index in [0.717, 1.165) is 23.0 Å². The first kappa shape index (κ1) is 17.5. The SMILES string of the molecule is CCn1cnnc1SCC(=O)Nc1cc(-c2ccc(Cl)cc2)nn1C. The summed E-state index contributed by atoms with van der Waals surface area (Å²) in [5.74, 6) is 0.758. The van der Waals surface area contributed by atoms with Crippen molar-refractivity contribution in [1.29, 1.82) is 0 Å². The van der Waals surface area contributed by atoms with Crippen LogP contribution in [0.25, 0.3) is 11.3 Å². The van der Waals surface area contributed by atoms with Crippen molar-refractivity contribution in [2.75, 3.05) is 11.1 Å². The molecule has 3 aromatic rings. The molecule has 0 fully saturated rings. The number of nitrogens with one attached hydrogen (secondary N) is 1. The monoisotopic (exact) mass is 376 g/mol. The van der Waals surface area contributed by atoms with Crippen LogP contribution in [0.3, 0.4) is 0 Å². The highest BCUT2D eigenvalue weighted by atomic mass is 35.5. The minimum atomic E-state index is -0.124. The van der Waals surface area contributed by atoms with E-state index in [2.05, 4.69) is 20.6 Å². The second-order valence-electron chi connectivity index (χ2n) is 5.28. The van der Waals surface area contributed by atoms with E-state index in [1.807, 2.05) is 41.8 Å². The van der Waals surface area contributed by atoms with E-state index in [1.54, 1.807) is 18.1 Å². The predicted molar refractivity (Wildman–Crippen MR) is 98.7 cm³/mol. The first-order valence-corrected chi connectivity index (χ1v) is 9.03. The first-order valence-electron chi connectivity index (χ1n) is 7.67. The van der Waals surface area contributed by atoms with Crippen molar-refractivity contribution in [3.8, 4) is 11.3 Å². The summed E-state index contributed by atoms with van der Waals surface area (Å²) in [7, 11) is 1.79. The summed E-state index contributed by atoms with van der Waals surface area (Å²) in [6.07, 6.45) is 1.65. The third kappa shape index (κ3) is 4.21. The van der Waals surface area contributed by atoms with E-state index in [1.165, 1.54) is 11.8 Å². The first-order chi connectivity index (χ1) is 12.1. The number of aryl methyl sites for hydroxylation is 2. The number of amides is 1. The number of carbonyl (C=O) groups excluding carboxylic acids is 1. The van der Waals surface area contributed by atoms with Crippen LogP contribution in [0.4, 0.5) is 5.82 Å². The molecule has 0 atom stereocenters. The summed E-state index contributed by atoms with van der Waals surface area (Å²) in [5.41, 5.74) is 1.71. The molecule has 0 aliphatic heterocycles. The molecular formula is C16H17ClN6OS. The molecule has 0 radical (unpaired) electrons. The molecule has 2 aromatic heterocycles. The van der Waals surface area contributed by atoms with E-state index in [0.29, 0.717) is 10.8 Å². The number of carbonyl (C=O) groups is 1. The van der Waals surface area contributed by atoms with Gasteiger partial charge < -0.3 is 9.88 Å². The Morgan fingerprint density at radius 3 is 2.80 bits per heavy atom. The maximum atomic E-state index is 12.2. The normalized spacial score (nSPS) is 10.8. The Morgan fingerprint density at radius 1 is 1.32 bits per heavy atom. The van der Waals surface area contributed by atoms with Gasteiger partial charge in [-0.25, -0.2) is 0 Å². The molecule has 0 bridgehead atoms. The van der Waals surface area contributed by atoms with Crippen LogP contribution < -0.4 is 5.32 Å². The van der Waals surface area contributed by atoms with Gasteiger partial charge in [-0.2, -0.15) is 5.10 Å². The summed E-state index contributed by atoms with van der Waals surface area (Å²) < 4.78 is 3.53. The molecule has 0 aliphatic carbocycles. The van der Waals surface area contributed by atoms with E-state index in [9.17, 15) is 4.79 Å². The van der Waals surface area contributed by atoms with Crippen molar-refractivity contribution in [2.45, 2.75) is 18.6 Å². The Hall–Kier alpha value is -2.32. The van der Waals surface area contributed by atoms with Gasteiger partial charge in [-0.1, -0.05) is 35.5 Å². The average molecular weight is 377 g/mol. The van der Waals surface area contributed by atoms with Crippen molar-refractivity contribution >= 4 is 35.1 Å². The Labute approximate surface area is 154 Å². The molecule has 2 heterocycles. The topological polar surface area (TPSA) is 77.6 Å². The molecule has 0 unspecified atom stereocenters. The molecule has 1 aromatic carbocycles. The molecule has 9 heteroatoms. The number of benzene rings is 1. The van der Waals surface area contributed by atoms with Crippen molar-refractivity contribution in [2.24, 2.45) is 7.05 Å². The highest BCUT2D eigenvalue weighted by Gasteiger charge is 2.12. The van der Waals surface area contributed by atoms with E-state index in [4.69, 9.17) is 11.6 Å². The number of aromatic nitrogens is 5. The number of halogens is 1. The predicted octanol–water partition coefficient (Wildman–Crippen LogP) is 3.08. The van der Waals surface area contributed by atoms with Crippen LogP contribution in [0.15, 0.2) is 41.8 Å². The van der Waals surface area contributed by atoms with Crippen LogP contribution >= 0.6 is 23.4 Å². The number of rotatable bonds is 6. The van der Waals surface area contributed by atoms with Crippen LogP contribution in [0.1, 0.15) is 6.92 Å². The fraction of sp³-hybridized carbons (Fsp3) is 0.250.